The minimum atomic E-state index is 0.0144. The predicted octanol–water partition coefficient (Wildman–Crippen LogP) is 0.822. The van der Waals surface area contributed by atoms with Gasteiger partial charge in [-0.15, -0.1) is 0 Å². The highest BCUT2D eigenvalue weighted by Gasteiger charge is 2.23. The van der Waals surface area contributed by atoms with Gasteiger partial charge >= 0.3 is 0 Å². The smallest absolute Gasteiger partial charge is 0.261 e. The van der Waals surface area contributed by atoms with Crippen LogP contribution in [-0.2, 0) is 13.6 Å². The van der Waals surface area contributed by atoms with Crippen molar-refractivity contribution in [3.05, 3.63) is 40.4 Å². The van der Waals surface area contributed by atoms with Crippen molar-refractivity contribution in [2.75, 3.05) is 32.8 Å². The summed E-state index contributed by atoms with van der Waals surface area (Å²) in [4.78, 5) is 21.8. The van der Waals surface area contributed by atoms with E-state index in [-0.39, 0.29) is 18.2 Å². The highest BCUT2D eigenvalue weighted by Crippen LogP contribution is 2.12. The maximum atomic E-state index is 12.5. The van der Waals surface area contributed by atoms with Gasteiger partial charge in [0.2, 0.25) is 0 Å². The first-order chi connectivity index (χ1) is 11.6. The van der Waals surface area contributed by atoms with Crippen LogP contribution >= 0.6 is 0 Å². The van der Waals surface area contributed by atoms with E-state index in [0.29, 0.717) is 11.9 Å². The van der Waals surface area contributed by atoms with Crippen LogP contribution < -0.4 is 5.56 Å². The molecule has 1 saturated heterocycles. The molecule has 6 nitrogen and oxygen atoms in total. The van der Waals surface area contributed by atoms with E-state index in [4.69, 9.17) is 0 Å². The first-order valence-electron chi connectivity index (χ1n) is 8.66. The highest BCUT2D eigenvalue weighted by atomic mass is 16.3. The number of piperazine rings is 1. The Kier molecular flexibility index (Phi) is 5.28. The number of rotatable bonds is 5. The fraction of sp³-hybridized carbons (Fsp3) is 0.556. The summed E-state index contributed by atoms with van der Waals surface area (Å²) in [7, 11) is 1.80. The van der Waals surface area contributed by atoms with E-state index < -0.39 is 0 Å². The number of hydrogen-bond donors (Lipinski definition) is 1. The van der Waals surface area contributed by atoms with Crippen LogP contribution in [0.3, 0.4) is 0 Å². The topological polar surface area (TPSA) is 61.6 Å². The average Bonchev–Trinajstić information content (AvgIpc) is 2.62. The van der Waals surface area contributed by atoms with Gasteiger partial charge in [-0.05, 0) is 18.6 Å². The Morgan fingerprint density at radius 3 is 2.58 bits per heavy atom. The summed E-state index contributed by atoms with van der Waals surface area (Å²) in [5.41, 5.74) is 0.779. The Bertz CT molecular complexity index is 746. The van der Waals surface area contributed by atoms with Crippen molar-refractivity contribution in [2.24, 2.45) is 7.05 Å². The van der Waals surface area contributed by atoms with Crippen molar-refractivity contribution in [1.29, 1.82) is 0 Å². The van der Waals surface area contributed by atoms with Crippen LogP contribution in [-0.4, -0.2) is 63.3 Å². The van der Waals surface area contributed by atoms with Gasteiger partial charge in [0.1, 0.15) is 5.82 Å². The molecule has 1 aromatic heterocycles. The largest absolute Gasteiger partial charge is 0.395 e. The minimum absolute atomic E-state index is 0.0144. The van der Waals surface area contributed by atoms with Gasteiger partial charge in [0.05, 0.1) is 24.1 Å². The summed E-state index contributed by atoms with van der Waals surface area (Å²) in [6, 6.07) is 7.76. The number of aromatic nitrogens is 2. The van der Waals surface area contributed by atoms with Crippen molar-refractivity contribution in [1.82, 2.24) is 19.4 Å². The monoisotopic (exact) mass is 330 g/mol. The Hall–Kier alpha value is -1.76. The van der Waals surface area contributed by atoms with Crippen LogP contribution in [0.4, 0.5) is 0 Å². The minimum Gasteiger partial charge on any atom is -0.395 e. The van der Waals surface area contributed by atoms with Crippen LogP contribution in [0.2, 0.25) is 0 Å². The van der Waals surface area contributed by atoms with E-state index in [9.17, 15) is 9.90 Å². The summed E-state index contributed by atoms with van der Waals surface area (Å²) in [5, 5.41) is 10.1. The summed E-state index contributed by atoms with van der Waals surface area (Å²) < 4.78 is 1.66. The zero-order valence-corrected chi connectivity index (χ0v) is 14.5. The first kappa shape index (κ1) is 17.1. The predicted molar refractivity (Wildman–Crippen MR) is 95.0 cm³/mol. The molecule has 0 bridgehead atoms. The molecule has 3 rings (SSSR count). The van der Waals surface area contributed by atoms with Crippen LogP contribution in [0, 0.1) is 0 Å². The molecule has 0 amide bonds. The number of benzene rings is 1. The van der Waals surface area contributed by atoms with Crippen molar-refractivity contribution >= 4 is 10.9 Å². The second kappa shape index (κ2) is 7.42. The molecule has 0 radical (unpaired) electrons. The van der Waals surface area contributed by atoms with Gasteiger partial charge in [-0.2, -0.15) is 0 Å². The molecule has 24 heavy (non-hydrogen) atoms. The van der Waals surface area contributed by atoms with Crippen LogP contribution in [0.5, 0.6) is 0 Å². The summed E-state index contributed by atoms with van der Waals surface area (Å²) >= 11 is 0. The van der Waals surface area contributed by atoms with Gasteiger partial charge in [0.25, 0.3) is 5.56 Å². The van der Waals surface area contributed by atoms with E-state index in [1.807, 2.05) is 24.3 Å². The van der Waals surface area contributed by atoms with E-state index >= 15 is 0 Å². The number of hydrogen-bond acceptors (Lipinski definition) is 5. The molecule has 1 atom stereocenters. The number of aliphatic hydroxyl groups excluding tert-OH is 1. The third kappa shape index (κ3) is 3.36. The third-order valence-electron chi connectivity index (χ3n) is 5.05. The average molecular weight is 330 g/mol. The fourth-order valence-electron chi connectivity index (χ4n) is 3.39. The zero-order valence-electron chi connectivity index (χ0n) is 14.5. The molecule has 1 unspecified atom stereocenters. The summed E-state index contributed by atoms with van der Waals surface area (Å²) in [6.07, 6.45) is 0.969. The summed E-state index contributed by atoms with van der Waals surface area (Å²) in [5.74, 6) is 0.807. The van der Waals surface area contributed by atoms with Gasteiger partial charge in [0.15, 0.2) is 0 Å². The van der Waals surface area contributed by atoms with E-state index in [2.05, 4.69) is 21.7 Å². The molecule has 0 aliphatic carbocycles. The normalized spacial score (nSPS) is 18.1. The molecular formula is C18H26N4O2. The Morgan fingerprint density at radius 1 is 1.21 bits per heavy atom. The molecule has 2 heterocycles. The van der Waals surface area contributed by atoms with E-state index in [0.717, 1.165) is 43.9 Å². The van der Waals surface area contributed by atoms with E-state index in [1.54, 1.807) is 11.6 Å². The number of aliphatic hydroxyl groups is 1. The van der Waals surface area contributed by atoms with Crippen LogP contribution in [0.1, 0.15) is 19.2 Å². The molecule has 0 saturated carbocycles. The Labute approximate surface area is 142 Å². The quantitative estimate of drug-likeness (QED) is 0.880. The second-order valence-corrected chi connectivity index (χ2v) is 6.47. The molecule has 0 spiro atoms. The first-order valence-corrected chi connectivity index (χ1v) is 8.66. The van der Waals surface area contributed by atoms with Gasteiger partial charge in [-0.1, -0.05) is 19.1 Å². The molecule has 1 aliphatic rings. The molecule has 1 fully saturated rings. The molecular weight excluding hydrogens is 304 g/mol. The molecule has 1 aliphatic heterocycles. The molecule has 1 aromatic carbocycles. The van der Waals surface area contributed by atoms with Gasteiger partial charge in [-0.3, -0.25) is 19.2 Å². The third-order valence-corrected chi connectivity index (χ3v) is 5.05. The lowest BCUT2D eigenvalue weighted by atomic mass is 10.1. The number of para-hydroxylation sites is 1. The maximum absolute atomic E-state index is 12.5. The van der Waals surface area contributed by atoms with Crippen LogP contribution in [0.15, 0.2) is 29.1 Å². The van der Waals surface area contributed by atoms with E-state index in [1.165, 1.54) is 0 Å². The number of fused-ring (bicyclic) bond motifs is 1. The van der Waals surface area contributed by atoms with Gasteiger partial charge in [-0.25, -0.2) is 4.98 Å². The number of nitrogens with zero attached hydrogens (tertiary/aromatic N) is 4. The van der Waals surface area contributed by atoms with Crippen molar-refractivity contribution in [3.63, 3.8) is 0 Å². The van der Waals surface area contributed by atoms with Crippen molar-refractivity contribution in [3.8, 4) is 0 Å². The lowest BCUT2D eigenvalue weighted by Gasteiger charge is -2.38. The maximum Gasteiger partial charge on any atom is 0.261 e. The lowest BCUT2D eigenvalue weighted by molar-refractivity contribution is 0.0594. The van der Waals surface area contributed by atoms with Crippen molar-refractivity contribution < 1.29 is 5.11 Å². The van der Waals surface area contributed by atoms with Crippen molar-refractivity contribution in [2.45, 2.75) is 25.9 Å². The van der Waals surface area contributed by atoms with Gasteiger partial charge in [0, 0.05) is 39.3 Å². The molecule has 130 valence electrons. The molecule has 2 aromatic rings. The second-order valence-electron chi connectivity index (χ2n) is 6.47. The Morgan fingerprint density at radius 2 is 1.92 bits per heavy atom. The standard InChI is InChI=1S/C18H26N4O2/c1-3-14(13-23)22-10-8-21(9-11-22)12-17-19-16-7-5-4-6-15(16)18(24)20(17)2/h4-7,14,23H,3,8-13H2,1-2H3. The molecule has 6 heteroatoms. The highest BCUT2D eigenvalue weighted by molar-refractivity contribution is 5.77. The lowest BCUT2D eigenvalue weighted by Crippen LogP contribution is -2.51. The van der Waals surface area contributed by atoms with Gasteiger partial charge < -0.3 is 5.11 Å². The Balaban J connectivity index is 1.73. The van der Waals surface area contributed by atoms with Crippen LogP contribution in [0.25, 0.3) is 10.9 Å². The summed E-state index contributed by atoms with van der Waals surface area (Å²) in [6.45, 7) is 6.76. The zero-order chi connectivity index (χ0) is 17.1. The fourth-order valence-corrected chi connectivity index (χ4v) is 3.39. The SMILES string of the molecule is CCC(CO)N1CCN(Cc2nc3ccccc3c(=O)n2C)CC1. The molecule has 1 N–H and O–H groups in total.